The van der Waals surface area contributed by atoms with Crippen molar-refractivity contribution >= 4 is 11.8 Å². The van der Waals surface area contributed by atoms with E-state index in [0.29, 0.717) is 31.7 Å². The lowest BCUT2D eigenvalue weighted by Gasteiger charge is -2.33. The van der Waals surface area contributed by atoms with Crippen molar-refractivity contribution in [3.8, 4) is 5.75 Å². The van der Waals surface area contributed by atoms with E-state index in [4.69, 9.17) is 4.74 Å². The number of hydrogen-bond acceptors (Lipinski definition) is 3. The maximum absolute atomic E-state index is 13.2. The minimum atomic E-state index is -4.58. The molecule has 5 nitrogen and oxygen atoms in total. The van der Waals surface area contributed by atoms with Gasteiger partial charge in [-0.2, -0.15) is 13.2 Å². The molecule has 1 N–H and O–H groups in total. The Morgan fingerprint density at radius 1 is 1.07 bits per heavy atom. The summed E-state index contributed by atoms with van der Waals surface area (Å²) in [7, 11) is 1.57. The standard InChI is InChI=1S/C22H23F3N2O3/c1-30-17-8-6-15(7-9-17)14-20(28)26-16-10-12-27(13-11-16)21(29)18-4-2-3-5-19(18)22(23,24)25/h2-9,16H,10-14H2,1H3,(H,26,28). The highest BCUT2D eigenvalue weighted by atomic mass is 19.4. The molecule has 0 spiro atoms. The predicted octanol–water partition coefficient (Wildman–Crippen LogP) is 3.68. The summed E-state index contributed by atoms with van der Waals surface area (Å²) in [4.78, 5) is 26.3. The molecule has 160 valence electrons. The summed E-state index contributed by atoms with van der Waals surface area (Å²) < 4.78 is 44.6. The number of carbonyl (C=O) groups excluding carboxylic acids is 2. The fraction of sp³-hybridized carbons (Fsp3) is 0.364. The number of methoxy groups -OCH3 is 1. The first-order valence-electron chi connectivity index (χ1n) is 9.65. The molecule has 0 unspecified atom stereocenters. The van der Waals surface area contributed by atoms with E-state index in [9.17, 15) is 22.8 Å². The fourth-order valence-corrected chi connectivity index (χ4v) is 3.52. The topological polar surface area (TPSA) is 58.6 Å². The molecular weight excluding hydrogens is 397 g/mol. The van der Waals surface area contributed by atoms with Gasteiger partial charge in [0.05, 0.1) is 24.7 Å². The van der Waals surface area contributed by atoms with E-state index in [1.165, 1.54) is 23.1 Å². The normalized spacial score (nSPS) is 15.0. The number of benzene rings is 2. The molecule has 3 rings (SSSR count). The number of nitrogens with zero attached hydrogens (tertiary/aromatic N) is 1. The first-order valence-corrected chi connectivity index (χ1v) is 9.65. The molecule has 8 heteroatoms. The summed E-state index contributed by atoms with van der Waals surface area (Å²) in [6.45, 7) is 0.580. The Labute approximate surface area is 172 Å². The molecule has 1 aliphatic rings. The quantitative estimate of drug-likeness (QED) is 0.803. The van der Waals surface area contributed by atoms with Gasteiger partial charge in [-0.15, -0.1) is 0 Å². The zero-order valence-corrected chi connectivity index (χ0v) is 16.5. The number of rotatable bonds is 5. The Bertz CT molecular complexity index is 889. The Morgan fingerprint density at radius 2 is 1.70 bits per heavy atom. The van der Waals surface area contributed by atoms with E-state index >= 15 is 0 Å². The molecule has 0 bridgehead atoms. The van der Waals surface area contributed by atoms with Crippen LogP contribution in [0.15, 0.2) is 48.5 Å². The molecule has 0 atom stereocenters. The number of nitrogens with one attached hydrogen (secondary N) is 1. The molecular formula is C22H23F3N2O3. The number of piperidine rings is 1. The Hall–Kier alpha value is -3.03. The van der Waals surface area contributed by atoms with Crippen molar-refractivity contribution in [1.82, 2.24) is 10.2 Å². The predicted molar refractivity (Wildman–Crippen MR) is 105 cm³/mol. The van der Waals surface area contributed by atoms with Crippen LogP contribution in [0.3, 0.4) is 0 Å². The summed E-state index contributed by atoms with van der Waals surface area (Å²) in [6.07, 6.45) is -3.37. The second-order valence-corrected chi connectivity index (χ2v) is 7.20. The highest BCUT2D eigenvalue weighted by Gasteiger charge is 2.36. The van der Waals surface area contributed by atoms with Crippen LogP contribution in [-0.2, 0) is 17.4 Å². The summed E-state index contributed by atoms with van der Waals surface area (Å²) in [5, 5.41) is 2.94. The summed E-state index contributed by atoms with van der Waals surface area (Å²) in [5.74, 6) is -0.0541. The molecule has 0 saturated carbocycles. The van der Waals surface area contributed by atoms with Gasteiger partial charge in [-0.1, -0.05) is 24.3 Å². The largest absolute Gasteiger partial charge is 0.497 e. The second kappa shape index (κ2) is 9.19. The van der Waals surface area contributed by atoms with Crippen LogP contribution in [0, 0.1) is 0 Å². The number of likely N-dealkylation sites (tertiary alicyclic amines) is 1. The number of hydrogen-bond donors (Lipinski definition) is 1. The maximum Gasteiger partial charge on any atom is 0.417 e. The number of halogens is 3. The third kappa shape index (κ3) is 5.31. The van der Waals surface area contributed by atoms with Crippen LogP contribution < -0.4 is 10.1 Å². The van der Waals surface area contributed by atoms with Gasteiger partial charge >= 0.3 is 6.18 Å². The number of alkyl halides is 3. The van der Waals surface area contributed by atoms with Crippen LogP contribution in [0.1, 0.15) is 34.3 Å². The van der Waals surface area contributed by atoms with Crippen molar-refractivity contribution < 1.29 is 27.5 Å². The minimum Gasteiger partial charge on any atom is -0.497 e. The molecule has 1 fully saturated rings. The Kier molecular flexibility index (Phi) is 6.64. The lowest BCUT2D eigenvalue weighted by molar-refractivity contribution is -0.138. The minimum absolute atomic E-state index is 0.113. The van der Waals surface area contributed by atoms with Gasteiger partial charge in [-0.25, -0.2) is 0 Å². The second-order valence-electron chi connectivity index (χ2n) is 7.20. The molecule has 0 radical (unpaired) electrons. The van der Waals surface area contributed by atoms with E-state index in [-0.39, 0.29) is 23.9 Å². The molecule has 2 amide bonds. The Balaban J connectivity index is 1.53. The van der Waals surface area contributed by atoms with Crippen molar-refractivity contribution in [2.24, 2.45) is 0 Å². The van der Waals surface area contributed by atoms with Crippen LogP contribution in [0.4, 0.5) is 13.2 Å². The monoisotopic (exact) mass is 420 g/mol. The van der Waals surface area contributed by atoms with Gasteiger partial charge in [-0.05, 0) is 42.7 Å². The third-order valence-electron chi connectivity index (χ3n) is 5.13. The first-order chi connectivity index (χ1) is 14.3. The van der Waals surface area contributed by atoms with Gasteiger partial charge < -0.3 is 15.0 Å². The smallest absolute Gasteiger partial charge is 0.417 e. The highest BCUT2D eigenvalue weighted by Crippen LogP contribution is 2.32. The SMILES string of the molecule is COc1ccc(CC(=O)NC2CCN(C(=O)c3ccccc3C(F)(F)F)CC2)cc1. The molecule has 2 aromatic carbocycles. The molecule has 30 heavy (non-hydrogen) atoms. The lowest BCUT2D eigenvalue weighted by atomic mass is 10.0. The summed E-state index contributed by atoms with van der Waals surface area (Å²) >= 11 is 0. The van der Waals surface area contributed by atoms with Crippen molar-refractivity contribution in [2.75, 3.05) is 20.2 Å². The van der Waals surface area contributed by atoms with Crippen LogP contribution in [0.5, 0.6) is 5.75 Å². The van der Waals surface area contributed by atoms with Gasteiger partial charge in [0.2, 0.25) is 5.91 Å². The summed E-state index contributed by atoms with van der Waals surface area (Å²) in [6, 6.07) is 11.9. The van der Waals surface area contributed by atoms with Gasteiger partial charge in [0.25, 0.3) is 5.91 Å². The highest BCUT2D eigenvalue weighted by molar-refractivity contribution is 5.96. The zero-order valence-electron chi connectivity index (χ0n) is 16.5. The molecule has 1 heterocycles. The van der Waals surface area contributed by atoms with Crippen molar-refractivity contribution in [1.29, 1.82) is 0 Å². The van der Waals surface area contributed by atoms with E-state index in [1.54, 1.807) is 19.2 Å². The molecule has 2 aromatic rings. The average molecular weight is 420 g/mol. The van der Waals surface area contributed by atoms with Gasteiger partial charge in [0.15, 0.2) is 0 Å². The number of ether oxygens (including phenoxy) is 1. The van der Waals surface area contributed by atoms with Gasteiger partial charge in [-0.3, -0.25) is 9.59 Å². The lowest BCUT2D eigenvalue weighted by Crippen LogP contribution is -2.47. The van der Waals surface area contributed by atoms with Gasteiger partial charge in [0.1, 0.15) is 5.75 Å². The van der Waals surface area contributed by atoms with Crippen LogP contribution in [0.25, 0.3) is 0 Å². The van der Waals surface area contributed by atoms with Gasteiger partial charge in [0, 0.05) is 19.1 Å². The molecule has 0 aromatic heterocycles. The van der Waals surface area contributed by atoms with Crippen molar-refractivity contribution in [2.45, 2.75) is 31.5 Å². The van der Waals surface area contributed by atoms with E-state index in [0.717, 1.165) is 11.6 Å². The van der Waals surface area contributed by atoms with E-state index in [2.05, 4.69) is 5.32 Å². The molecule has 0 aliphatic carbocycles. The maximum atomic E-state index is 13.2. The van der Waals surface area contributed by atoms with Crippen molar-refractivity contribution in [3.05, 3.63) is 65.2 Å². The molecule has 1 aliphatic heterocycles. The average Bonchev–Trinajstić information content (AvgIpc) is 2.73. The van der Waals surface area contributed by atoms with Crippen LogP contribution >= 0.6 is 0 Å². The van der Waals surface area contributed by atoms with E-state index in [1.807, 2.05) is 12.1 Å². The molecule has 1 saturated heterocycles. The zero-order chi connectivity index (χ0) is 21.7. The number of carbonyl (C=O) groups is 2. The third-order valence-corrected chi connectivity index (χ3v) is 5.13. The van der Waals surface area contributed by atoms with Crippen LogP contribution in [0.2, 0.25) is 0 Å². The first kappa shape index (κ1) is 21.7. The van der Waals surface area contributed by atoms with Crippen molar-refractivity contribution in [3.63, 3.8) is 0 Å². The Morgan fingerprint density at radius 3 is 2.30 bits per heavy atom. The number of amides is 2. The van der Waals surface area contributed by atoms with E-state index < -0.39 is 17.6 Å². The summed E-state index contributed by atoms with van der Waals surface area (Å²) in [5.41, 5.74) is -0.415. The van der Waals surface area contributed by atoms with Crippen LogP contribution in [-0.4, -0.2) is 43.0 Å². The fourth-order valence-electron chi connectivity index (χ4n) is 3.52.